The molecule has 2 heterocycles. The van der Waals surface area contributed by atoms with E-state index in [1.165, 1.54) is 6.92 Å². The average molecular weight is 420 g/mol. The lowest BCUT2D eigenvalue weighted by Gasteiger charge is -2.40. The number of ketones is 1. The SMILES string of the molecule is CC(=O)N1CCC(C(=O)OCC(=O)c2ccc3c(c2)CC(=O)N3)(c2ccccc2)CC1. The largest absolute Gasteiger partial charge is 0.457 e. The molecule has 7 heteroatoms. The number of likely N-dealkylation sites (tertiary alicyclic amines) is 1. The van der Waals surface area contributed by atoms with Crippen molar-refractivity contribution in [2.75, 3.05) is 25.0 Å². The highest BCUT2D eigenvalue weighted by Crippen LogP contribution is 2.37. The number of amides is 2. The number of anilines is 1. The van der Waals surface area contributed by atoms with Crippen molar-refractivity contribution in [3.63, 3.8) is 0 Å². The molecular weight excluding hydrogens is 396 g/mol. The Morgan fingerprint density at radius 1 is 1.06 bits per heavy atom. The van der Waals surface area contributed by atoms with Crippen molar-refractivity contribution in [1.82, 2.24) is 4.90 Å². The monoisotopic (exact) mass is 420 g/mol. The Labute approximate surface area is 180 Å². The van der Waals surface area contributed by atoms with Gasteiger partial charge in [0.15, 0.2) is 12.4 Å². The first-order valence-electron chi connectivity index (χ1n) is 10.3. The molecule has 0 radical (unpaired) electrons. The van der Waals surface area contributed by atoms with E-state index in [0.717, 1.165) is 11.1 Å². The summed E-state index contributed by atoms with van der Waals surface area (Å²) in [7, 11) is 0. The van der Waals surface area contributed by atoms with Gasteiger partial charge in [0.1, 0.15) is 0 Å². The second-order valence-electron chi connectivity index (χ2n) is 8.05. The first-order chi connectivity index (χ1) is 14.9. The molecule has 0 unspecified atom stereocenters. The summed E-state index contributed by atoms with van der Waals surface area (Å²) < 4.78 is 5.52. The number of carbonyl (C=O) groups is 4. The molecule has 1 saturated heterocycles. The molecule has 1 N–H and O–H groups in total. The number of esters is 1. The Balaban J connectivity index is 1.48. The molecule has 2 aromatic carbocycles. The fourth-order valence-electron chi connectivity index (χ4n) is 4.33. The van der Waals surface area contributed by atoms with Crippen LogP contribution in [0.1, 0.15) is 41.3 Å². The number of piperidine rings is 1. The highest BCUT2D eigenvalue weighted by molar-refractivity contribution is 6.03. The topological polar surface area (TPSA) is 92.8 Å². The molecule has 160 valence electrons. The van der Waals surface area contributed by atoms with Crippen molar-refractivity contribution < 1.29 is 23.9 Å². The van der Waals surface area contributed by atoms with Gasteiger partial charge in [0, 0.05) is 31.3 Å². The van der Waals surface area contributed by atoms with E-state index < -0.39 is 11.4 Å². The maximum absolute atomic E-state index is 13.2. The van der Waals surface area contributed by atoms with Crippen LogP contribution in [0.5, 0.6) is 0 Å². The van der Waals surface area contributed by atoms with Crippen LogP contribution >= 0.6 is 0 Å². The van der Waals surface area contributed by atoms with E-state index in [-0.39, 0.29) is 30.6 Å². The van der Waals surface area contributed by atoms with Gasteiger partial charge in [-0.3, -0.25) is 19.2 Å². The lowest BCUT2D eigenvalue weighted by atomic mass is 9.72. The Hall–Kier alpha value is -3.48. The summed E-state index contributed by atoms with van der Waals surface area (Å²) >= 11 is 0. The van der Waals surface area contributed by atoms with Crippen molar-refractivity contribution >= 4 is 29.3 Å². The van der Waals surface area contributed by atoms with Gasteiger partial charge in [0.2, 0.25) is 11.8 Å². The van der Waals surface area contributed by atoms with Gasteiger partial charge in [-0.2, -0.15) is 0 Å². The lowest BCUT2D eigenvalue weighted by molar-refractivity contribution is -0.153. The molecule has 0 atom stereocenters. The molecule has 0 aromatic heterocycles. The standard InChI is InChI=1S/C24H24N2O5/c1-16(27)26-11-9-24(10-12-26,19-5-3-2-4-6-19)23(30)31-15-21(28)17-7-8-20-18(13-17)14-22(29)25-20/h2-8,13H,9-12,14-15H2,1H3,(H,25,29). The normalized spacial score (nSPS) is 16.9. The number of Topliss-reactive ketones (excluding diaryl/α,β-unsaturated/α-hetero) is 1. The number of benzene rings is 2. The van der Waals surface area contributed by atoms with Gasteiger partial charge in [-0.1, -0.05) is 30.3 Å². The van der Waals surface area contributed by atoms with Crippen LogP contribution in [-0.4, -0.2) is 48.2 Å². The van der Waals surface area contributed by atoms with Gasteiger partial charge < -0.3 is 15.0 Å². The van der Waals surface area contributed by atoms with Crippen LogP contribution in [0.15, 0.2) is 48.5 Å². The summed E-state index contributed by atoms with van der Waals surface area (Å²) in [6.45, 7) is 2.06. The zero-order valence-electron chi connectivity index (χ0n) is 17.3. The number of hydrogen-bond donors (Lipinski definition) is 1. The van der Waals surface area contributed by atoms with Crippen LogP contribution in [0.4, 0.5) is 5.69 Å². The molecule has 2 aliphatic rings. The first kappa shape index (κ1) is 20.8. The molecule has 2 aromatic rings. The zero-order chi connectivity index (χ0) is 22.0. The number of hydrogen-bond acceptors (Lipinski definition) is 5. The minimum atomic E-state index is -0.887. The highest BCUT2D eigenvalue weighted by Gasteiger charge is 2.45. The molecule has 0 bridgehead atoms. The summed E-state index contributed by atoms with van der Waals surface area (Å²) in [5, 5.41) is 2.73. The first-order valence-corrected chi connectivity index (χ1v) is 10.3. The number of fused-ring (bicyclic) bond motifs is 1. The molecule has 0 aliphatic carbocycles. The number of ether oxygens (including phenoxy) is 1. The third-order valence-corrected chi connectivity index (χ3v) is 6.17. The molecule has 2 aliphatic heterocycles. The summed E-state index contributed by atoms with van der Waals surface area (Å²) in [5.41, 5.74) is 1.82. The minimum Gasteiger partial charge on any atom is -0.457 e. The molecule has 1 fully saturated rings. The predicted molar refractivity (Wildman–Crippen MR) is 114 cm³/mol. The van der Waals surface area contributed by atoms with Gasteiger partial charge in [-0.05, 0) is 42.2 Å². The summed E-state index contributed by atoms with van der Waals surface area (Å²) in [5.74, 6) is -0.893. The van der Waals surface area contributed by atoms with E-state index >= 15 is 0 Å². The Bertz CT molecular complexity index is 1040. The van der Waals surface area contributed by atoms with Crippen molar-refractivity contribution in [3.8, 4) is 0 Å². The number of carbonyl (C=O) groups excluding carboxylic acids is 4. The number of rotatable bonds is 5. The van der Waals surface area contributed by atoms with Crippen LogP contribution in [-0.2, 0) is 31.0 Å². The fraction of sp³-hybridized carbons (Fsp3) is 0.333. The molecule has 7 nitrogen and oxygen atoms in total. The van der Waals surface area contributed by atoms with Crippen LogP contribution in [0.3, 0.4) is 0 Å². The number of nitrogens with zero attached hydrogens (tertiary/aromatic N) is 1. The van der Waals surface area contributed by atoms with Gasteiger partial charge >= 0.3 is 5.97 Å². The van der Waals surface area contributed by atoms with Crippen LogP contribution < -0.4 is 5.32 Å². The van der Waals surface area contributed by atoms with Crippen molar-refractivity contribution in [2.45, 2.75) is 31.6 Å². The summed E-state index contributed by atoms with van der Waals surface area (Å²) in [6.07, 6.45) is 1.12. The molecule has 31 heavy (non-hydrogen) atoms. The third-order valence-electron chi connectivity index (χ3n) is 6.17. The van der Waals surface area contributed by atoms with E-state index in [0.29, 0.717) is 37.2 Å². The Morgan fingerprint density at radius 3 is 2.45 bits per heavy atom. The van der Waals surface area contributed by atoms with Gasteiger partial charge in [0.05, 0.1) is 11.8 Å². The summed E-state index contributed by atoms with van der Waals surface area (Å²) in [6, 6.07) is 14.4. The second kappa shape index (κ2) is 8.34. The van der Waals surface area contributed by atoms with E-state index in [2.05, 4.69) is 5.32 Å². The highest BCUT2D eigenvalue weighted by atomic mass is 16.5. The Morgan fingerprint density at radius 2 is 1.77 bits per heavy atom. The van der Waals surface area contributed by atoms with Crippen molar-refractivity contribution in [3.05, 3.63) is 65.2 Å². The molecule has 0 spiro atoms. The van der Waals surface area contributed by atoms with Gasteiger partial charge in [-0.25, -0.2) is 0 Å². The lowest BCUT2D eigenvalue weighted by Crippen LogP contribution is -2.49. The number of nitrogens with one attached hydrogen (secondary N) is 1. The quantitative estimate of drug-likeness (QED) is 0.593. The second-order valence-corrected chi connectivity index (χ2v) is 8.05. The van der Waals surface area contributed by atoms with E-state index in [4.69, 9.17) is 4.74 Å². The fourth-order valence-corrected chi connectivity index (χ4v) is 4.33. The average Bonchev–Trinajstić information content (AvgIpc) is 3.17. The van der Waals surface area contributed by atoms with Crippen LogP contribution in [0, 0.1) is 0 Å². The molecule has 4 rings (SSSR count). The van der Waals surface area contributed by atoms with E-state index in [9.17, 15) is 19.2 Å². The van der Waals surface area contributed by atoms with Crippen LogP contribution in [0.25, 0.3) is 0 Å². The van der Waals surface area contributed by atoms with Crippen molar-refractivity contribution in [1.29, 1.82) is 0 Å². The summed E-state index contributed by atoms with van der Waals surface area (Å²) in [4.78, 5) is 50.9. The predicted octanol–water partition coefficient (Wildman–Crippen LogP) is 2.49. The molecule has 0 saturated carbocycles. The van der Waals surface area contributed by atoms with Gasteiger partial charge in [-0.15, -0.1) is 0 Å². The smallest absolute Gasteiger partial charge is 0.317 e. The maximum Gasteiger partial charge on any atom is 0.317 e. The molecule has 2 amide bonds. The molecular formula is C24H24N2O5. The minimum absolute atomic E-state index is 0.0187. The van der Waals surface area contributed by atoms with Crippen molar-refractivity contribution in [2.24, 2.45) is 0 Å². The Kier molecular flexibility index (Phi) is 5.59. The van der Waals surface area contributed by atoms with E-state index in [1.54, 1.807) is 23.1 Å². The maximum atomic E-state index is 13.2. The van der Waals surface area contributed by atoms with Crippen LogP contribution in [0.2, 0.25) is 0 Å². The van der Waals surface area contributed by atoms with E-state index in [1.807, 2.05) is 30.3 Å². The zero-order valence-corrected chi connectivity index (χ0v) is 17.3. The van der Waals surface area contributed by atoms with Gasteiger partial charge in [0.25, 0.3) is 0 Å². The third kappa shape index (κ3) is 4.08.